The van der Waals surface area contributed by atoms with E-state index in [1.807, 2.05) is 39.8 Å². The molecule has 2 heterocycles. The van der Waals surface area contributed by atoms with Gasteiger partial charge in [-0.1, -0.05) is 49.8 Å². The molecule has 1 aromatic rings. The van der Waals surface area contributed by atoms with Gasteiger partial charge in [-0.05, 0) is 39.4 Å². The molecule has 4 nitrogen and oxygen atoms in total. The van der Waals surface area contributed by atoms with Crippen LogP contribution in [0.2, 0.25) is 0 Å². The Morgan fingerprint density at radius 3 is 2.42 bits per heavy atom. The van der Waals surface area contributed by atoms with Gasteiger partial charge in [0.25, 0.3) is 0 Å². The second-order valence-corrected chi connectivity index (χ2v) is 8.40. The molecule has 0 spiro atoms. The zero-order valence-corrected chi connectivity index (χ0v) is 17.9. The highest BCUT2D eigenvalue weighted by molar-refractivity contribution is 7.93. The molecule has 2 atom stereocenters. The van der Waals surface area contributed by atoms with Gasteiger partial charge in [-0.15, -0.1) is 6.58 Å². The second-order valence-electron chi connectivity index (χ2n) is 6.51. The fraction of sp³-hybridized carbons (Fsp3) is 0.524. The van der Waals surface area contributed by atoms with Gasteiger partial charge in [0.05, 0.1) is 17.5 Å². The van der Waals surface area contributed by atoms with Crippen LogP contribution in [0.15, 0.2) is 43.0 Å². The lowest BCUT2D eigenvalue weighted by Crippen LogP contribution is -2.41. The Kier molecular flexibility index (Phi) is 8.57. The van der Waals surface area contributed by atoms with Crippen molar-refractivity contribution in [1.29, 1.82) is 0 Å². The molecule has 5 heteroatoms. The number of benzene rings is 1. The molecule has 1 saturated heterocycles. The van der Waals surface area contributed by atoms with E-state index in [4.69, 9.17) is 0 Å². The quantitative estimate of drug-likeness (QED) is 0.735. The minimum absolute atomic E-state index is 0.0436. The van der Waals surface area contributed by atoms with Crippen LogP contribution in [-0.4, -0.2) is 45.2 Å². The first-order valence-corrected chi connectivity index (χ1v) is 11.0. The molecule has 0 radical (unpaired) electrons. The summed E-state index contributed by atoms with van der Waals surface area (Å²) in [5, 5.41) is 0. The lowest BCUT2D eigenvalue weighted by molar-refractivity contribution is 0.406. The maximum atomic E-state index is 12.7. The van der Waals surface area contributed by atoms with E-state index in [9.17, 15) is 8.42 Å². The van der Waals surface area contributed by atoms with Crippen LogP contribution in [0.3, 0.4) is 0 Å². The van der Waals surface area contributed by atoms with E-state index in [2.05, 4.69) is 31.5 Å². The summed E-state index contributed by atoms with van der Waals surface area (Å²) in [5.74, 6) is 0.370. The first-order valence-electron chi connectivity index (χ1n) is 9.35. The molecule has 1 fully saturated rings. The number of anilines is 1. The summed E-state index contributed by atoms with van der Waals surface area (Å²) in [5.41, 5.74) is 3.26. The van der Waals surface area contributed by atoms with Crippen molar-refractivity contribution in [2.24, 2.45) is 0 Å². The van der Waals surface area contributed by atoms with Crippen molar-refractivity contribution in [1.82, 2.24) is 4.90 Å². The number of allylic oxidation sites excluding steroid dienone is 2. The van der Waals surface area contributed by atoms with Crippen LogP contribution in [0.4, 0.5) is 5.69 Å². The zero-order chi connectivity index (χ0) is 19.9. The topological polar surface area (TPSA) is 40.6 Å². The number of hydrogen-bond acceptors (Lipinski definition) is 3. The number of fused-ring (bicyclic) bond motifs is 3. The van der Waals surface area contributed by atoms with E-state index in [1.165, 1.54) is 11.1 Å². The predicted octanol–water partition coefficient (Wildman–Crippen LogP) is 4.34. The Morgan fingerprint density at radius 1 is 1.23 bits per heavy atom. The molecular formula is C21H34N2O2S. The second kappa shape index (κ2) is 9.93. The van der Waals surface area contributed by atoms with E-state index < -0.39 is 10.0 Å². The van der Waals surface area contributed by atoms with E-state index in [1.54, 1.807) is 22.5 Å². The summed E-state index contributed by atoms with van der Waals surface area (Å²) in [4.78, 5) is 2.22. The number of likely N-dealkylation sites (N-methyl/N-ethyl adjacent to an activating group) is 1. The Balaban J connectivity index is 0.000000615. The fourth-order valence-electron chi connectivity index (χ4n) is 3.53. The maximum absolute atomic E-state index is 12.7. The van der Waals surface area contributed by atoms with Gasteiger partial charge in [0.1, 0.15) is 0 Å². The first-order chi connectivity index (χ1) is 12.4. The van der Waals surface area contributed by atoms with Gasteiger partial charge in [0, 0.05) is 19.0 Å². The van der Waals surface area contributed by atoms with E-state index in [0.29, 0.717) is 5.92 Å². The SMILES string of the molecule is C/C=C\CS(=O)(=O)N1c2ccc(C)cc2C2CN(C)CC21.C=CC.CC. The third-order valence-electron chi connectivity index (χ3n) is 4.43. The monoisotopic (exact) mass is 378 g/mol. The van der Waals surface area contributed by atoms with Crippen LogP contribution < -0.4 is 4.31 Å². The van der Waals surface area contributed by atoms with Crippen LogP contribution in [0.5, 0.6) is 0 Å². The van der Waals surface area contributed by atoms with Gasteiger partial charge in [0.15, 0.2) is 0 Å². The molecule has 0 N–H and O–H groups in total. The van der Waals surface area contributed by atoms with Crippen molar-refractivity contribution in [3.05, 3.63) is 54.1 Å². The van der Waals surface area contributed by atoms with Crippen LogP contribution in [0, 0.1) is 6.92 Å². The predicted molar refractivity (Wildman–Crippen MR) is 114 cm³/mol. The smallest absolute Gasteiger partial charge is 0.239 e. The van der Waals surface area contributed by atoms with Crippen LogP contribution in [0.1, 0.15) is 44.7 Å². The van der Waals surface area contributed by atoms with Crippen LogP contribution >= 0.6 is 0 Å². The van der Waals surface area contributed by atoms with Crippen molar-refractivity contribution in [3.8, 4) is 0 Å². The lowest BCUT2D eigenvalue weighted by Gasteiger charge is -2.26. The molecule has 2 aliphatic heterocycles. The molecule has 0 amide bonds. The third-order valence-corrected chi connectivity index (χ3v) is 6.12. The number of rotatable bonds is 3. The molecule has 0 saturated carbocycles. The number of nitrogens with zero attached hydrogens (tertiary/aromatic N) is 2. The summed E-state index contributed by atoms with van der Waals surface area (Å²) in [7, 11) is -1.25. The van der Waals surface area contributed by atoms with Gasteiger partial charge in [-0.3, -0.25) is 4.31 Å². The summed E-state index contributed by atoms with van der Waals surface area (Å²) >= 11 is 0. The molecule has 2 unspecified atom stereocenters. The van der Waals surface area contributed by atoms with E-state index in [0.717, 1.165) is 18.8 Å². The Morgan fingerprint density at radius 2 is 1.85 bits per heavy atom. The first kappa shape index (κ1) is 22.5. The van der Waals surface area contributed by atoms with Crippen molar-refractivity contribution in [2.45, 2.75) is 46.6 Å². The third kappa shape index (κ3) is 4.77. The average Bonchev–Trinajstić information content (AvgIpc) is 3.10. The molecule has 0 bridgehead atoms. The number of aryl methyl sites for hydroxylation is 1. The van der Waals surface area contributed by atoms with Crippen molar-refractivity contribution in [2.75, 3.05) is 30.2 Å². The molecule has 3 rings (SSSR count). The molecular weight excluding hydrogens is 344 g/mol. The van der Waals surface area contributed by atoms with Crippen molar-refractivity contribution < 1.29 is 8.42 Å². The minimum atomic E-state index is -3.31. The molecule has 0 aliphatic carbocycles. The molecule has 0 aromatic heterocycles. The molecule has 146 valence electrons. The average molecular weight is 379 g/mol. The van der Waals surface area contributed by atoms with Gasteiger partial charge in [-0.25, -0.2) is 8.42 Å². The standard InChI is InChI=1S/C16H22N2O2S.C3H6.C2H6/c1-4-5-8-21(19,20)18-15-7-6-12(2)9-13(15)14-10-17(3)11-16(14)18;1-3-2;1-2/h4-7,9,14,16H,8,10-11H2,1-3H3;3H,1H2,2H3;1-2H3/b5-4-;;. The van der Waals surface area contributed by atoms with Gasteiger partial charge < -0.3 is 4.90 Å². The van der Waals surface area contributed by atoms with Crippen molar-refractivity contribution in [3.63, 3.8) is 0 Å². The van der Waals surface area contributed by atoms with Gasteiger partial charge >= 0.3 is 0 Å². The van der Waals surface area contributed by atoms with Crippen molar-refractivity contribution >= 4 is 15.7 Å². The number of sulfonamides is 1. The highest BCUT2D eigenvalue weighted by Gasteiger charge is 2.47. The minimum Gasteiger partial charge on any atom is -0.304 e. The van der Waals surface area contributed by atoms with Gasteiger partial charge in [0.2, 0.25) is 10.0 Å². The fourth-order valence-corrected chi connectivity index (χ4v) is 5.21. The Hall–Kier alpha value is -1.59. The summed E-state index contributed by atoms with van der Waals surface area (Å²) in [6, 6.07) is 6.16. The summed E-state index contributed by atoms with van der Waals surface area (Å²) in [6.45, 7) is 14.9. The maximum Gasteiger partial charge on any atom is 0.239 e. The Labute approximate surface area is 160 Å². The molecule has 26 heavy (non-hydrogen) atoms. The zero-order valence-electron chi connectivity index (χ0n) is 17.1. The highest BCUT2D eigenvalue weighted by atomic mass is 32.2. The van der Waals surface area contributed by atoms with E-state index >= 15 is 0 Å². The number of likely N-dealkylation sites (tertiary alicyclic amines) is 1. The summed E-state index contributed by atoms with van der Waals surface area (Å²) < 4.78 is 27.2. The lowest BCUT2D eigenvalue weighted by atomic mass is 9.97. The molecule has 1 aromatic carbocycles. The number of hydrogen-bond donors (Lipinski definition) is 0. The largest absolute Gasteiger partial charge is 0.304 e. The van der Waals surface area contributed by atoms with Crippen LogP contribution in [0.25, 0.3) is 0 Å². The summed E-state index contributed by atoms with van der Waals surface area (Å²) in [6.07, 6.45) is 5.26. The Bertz CT molecular complexity index is 726. The highest BCUT2D eigenvalue weighted by Crippen LogP contribution is 2.46. The molecule has 2 aliphatic rings. The normalized spacial score (nSPS) is 21.4. The van der Waals surface area contributed by atoms with Gasteiger partial charge in [-0.2, -0.15) is 0 Å². The van der Waals surface area contributed by atoms with E-state index in [-0.39, 0.29) is 11.8 Å². The van der Waals surface area contributed by atoms with Crippen LogP contribution in [-0.2, 0) is 10.0 Å².